The normalized spacial score (nSPS) is 7.00. The fraction of sp³-hybridized carbons (Fsp3) is 1.00. The molecule has 0 spiro atoms. The zero-order valence-corrected chi connectivity index (χ0v) is 7.23. The Balaban J connectivity index is 0. The van der Waals surface area contributed by atoms with Crippen molar-refractivity contribution in [3.05, 3.63) is 0 Å². The average Bonchev–Trinajstić information content (AvgIpc) is 1.41. The second-order valence-corrected chi connectivity index (χ2v) is 1.08. The number of aliphatic hydroxyl groups is 1. The molecule has 0 saturated carbocycles. The van der Waals surface area contributed by atoms with Crippen molar-refractivity contribution in [3.63, 3.8) is 0 Å². The molecule has 1 nitrogen and oxygen atoms in total. The van der Waals surface area contributed by atoms with Crippen molar-refractivity contribution < 1.29 is 27.5 Å². The molecule has 0 atom stereocenters. The van der Waals surface area contributed by atoms with Gasteiger partial charge in [-0.05, 0) is 6.42 Å². The minimum Gasteiger partial charge on any atom is -0.396 e. The summed E-state index contributed by atoms with van der Waals surface area (Å²) in [6, 6.07) is 0. The van der Waals surface area contributed by atoms with Gasteiger partial charge in [0.2, 0.25) is 0 Å². The van der Waals surface area contributed by atoms with E-state index < -0.39 is 0 Å². The summed E-state index contributed by atoms with van der Waals surface area (Å²) in [6.07, 6.45) is 2.04. The van der Waals surface area contributed by atoms with Gasteiger partial charge in [0.1, 0.15) is 0 Å². The van der Waals surface area contributed by atoms with E-state index in [0.29, 0.717) is 6.61 Å². The number of unbranched alkanes of at least 4 members (excludes halogenated alkanes) is 1. The van der Waals surface area contributed by atoms with Gasteiger partial charge in [-0.3, -0.25) is 0 Å². The van der Waals surface area contributed by atoms with E-state index in [1.165, 1.54) is 0 Å². The minimum atomic E-state index is 0. The van der Waals surface area contributed by atoms with Gasteiger partial charge in [-0.2, -0.15) is 0 Å². The molecule has 0 unspecified atom stereocenters. The van der Waals surface area contributed by atoms with Gasteiger partial charge in [0.15, 0.2) is 0 Å². The number of hydrogen-bond donors (Lipinski definition) is 1. The van der Waals surface area contributed by atoms with E-state index in [1.807, 2.05) is 0 Å². The minimum absolute atomic E-state index is 0. The Morgan fingerprint density at radius 3 is 2.00 bits per heavy atom. The van der Waals surface area contributed by atoms with Crippen LogP contribution in [0.2, 0.25) is 0 Å². The van der Waals surface area contributed by atoms with Crippen molar-refractivity contribution in [2.75, 3.05) is 6.61 Å². The van der Waals surface area contributed by atoms with Crippen LogP contribution in [0.3, 0.4) is 0 Å². The topological polar surface area (TPSA) is 20.2 Å². The average molecular weight is 255 g/mol. The number of hydrogen-bond acceptors (Lipinski definition) is 1. The maximum atomic E-state index is 8.07. The molecule has 0 aliphatic heterocycles. The van der Waals surface area contributed by atoms with Crippen molar-refractivity contribution in [2.45, 2.75) is 19.8 Å². The second kappa shape index (κ2) is 9.20. The molecule has 0 aromatic heterocycles. The van der Waals surface area contributed by atoms with E-state index in [-0.39, 0.29) is 22.4 Å². The van der Waals surface area contributed by atoms with E-state index in [4.69, 9.17) is 5.11 Å². The van der Waals surface area contributed by atoms with Gasteiger partial charge in [0.05, 0.1) is 0 Å². The van der Waals surface area contributed by atoms with Crippen molar-refractivity contribution in [1.82, 2.24) is 0 Å². The van der Waals surface area contributed by atoms with Crippen molar-refractivity contribution in [2.24, 2.45) is 0 Å². The fourth-order valence-corrected chi connectivity index (χ4v) is 0.158. The first-order valence-electron chi connectivity index (χ1n) is 2.02. The van der Waals surface area contributed by atoms with E-state index in [0.717, 1.165) is 12.8 Å². The second-order valence-electron chi connectivity index (χ2n) is 1.08. The molecular weight excluding hydrogens is 245 g/mol. The van der Waals surface area contributed by atoms with E-state index in [9.17, 15) is 0 Å². The zero-order valence-electron chi connectivity index (χ0n) is 4.02. The summed E-state index contributed by atoms with van der Waals surface area (Å²) in [5.74, 6) is 0. The fourth-order valence-electron chi connectivity index (χ4n) is 0.158. The maximum absolute atomic E-state index is 8.07. The molecule has 1 N–H and O–H groups in total. The molecule has 6 heavy (non-hydrogen) atoms. The quantitative estimate of drug-likeness (QED) is 0.773. The predicted octanol–water partition coefficient (Wildman–Crippen LogP) is 0.776. The van der Waals surface area contributed by atoms with Crippen molar-refractivity contribution >= 4 is 0 Å². The van der Waals surface area contributed by atoms with Gasteiger partial charge in [-0.15, -0.1) is 0 Å². The molecular formula is C4H10OTa. The molecule has 0 aromatic rings. The van der Waals surface area contributed by atoms with Crippen LogP contribution in [0, 0.1) is 0 Å². The monoisotopic (exact) mass is 255 g/mol. The van der Waals surface area contributed by atoms with Crippen LogP contribution in [-0.4, -0.2) is 11.7 Å². The maximum Gasteiger partial charge on any atom is 0.0430 e. The molecule has 1 radical (unpaired) electrons. The van der Waals surface area contributed by atoms with Crippen LogP contribution in [-0.2, 0) is 22.4 Å². The van der Waals surface area contributed by atoms with Gasteiger partial charge in [-0.25, -0.2) is 0 Å². The van der Waals surface area contributed by atoms with Crippen molar-refractivity contribution in [3.8, 4) is 0 Å². The summed E-state index contributed by atoms with van der Waals surface area (Å²) in [7, 11) is 0. The molecule has 0 amide bonds. The molecule has 0 bridgehead atoms. The Morgan fingerprint density at radius 1 is 1.50 bits per heavy atom. The van der Waals surface area contributed by atoms with Crippen LogP contribution in [0.4, 0.5) is 0 Å². The molecule has 0 fully saturated rings. The van der Waals surface area contributed by atoms with Gasteiger partial charge < -0.3 is 5.11 Å². The summed E-state index contributed by atoms with van der Waals surface area (Å²) in [5.41, 5.74) is 0. The van der Waals surface area contributed by atoms with Crippen LogP contribution in [0.1, 0.15) is 19.8 Å². The van der Waals surface area contributed by atoms with E-state index in [1.54, 1.807) is 0 Å². The van der Waals surface area contributed by atoms with Crippen LogP contribution < -0.4 is 0 Å². The van der Waals surface area contributed by atoms with Gasteiger partial charge >= 0.3 is 0 Å². The molecule has 0 aliphatic carbocycles. The molecule has 0 aliphatic rings. The smallest absolute Gasteiger partial charge is 0.0430 e. The van der Waals surface area contributed by atoms with Crippen LogP contribution >= 0.6 is 0 Å². The third kappa shape index (κ3) is 8.83. The number of rotatable bonds is 2. The van der Waals surface area contributed by atoms with Gasteiger partial charge in [0, 0.05) is 29.0 Å². The molecule has 0 heterocycles. The molecule has 37 valence electrons. The Morgan fingerprint density at radius 2 is 2.00 bits per heavy atom. The van der Waals surface area contributed by atoms with Crippen LogP contribution in [0.15, 0.2) is 0 Å². The first-order chi connectivity index (χ1) is 2.41. The Labute approximate surface area is 54.3 Å². The summed E-state index contributed by atoms with van der Waals surface area (Å²) < 4.78 is 0. The van der Waals surface area contributed by atoms with E-state index >= 15 is 0 Å². The predicted molar refractivity (Wildman–Crippen MR) is 22.0 cm³/mol. The van der Waals surface area contributed by atoms with Gasteiger partial charge in [0.25, 0.3) is 0 Å². The largest absolute Gasteiger partial charge is 0.396 e. The molecule has 0 rings (SSSR count). The first kappa shape index (κ1) is 9.85. The third-order valence-corrected chi connectivity index (χ3v) is 0.512. The third-order valence-electron chi connectivity index (χ3n) is 0.512. The van der Waals surface area contributed by atoms with Crippen LogP contribution in [0.25, 0.3) is 0 Å². The first-order valence-corrected chi connectivity index (χ1v) is 2.02. The standard InChI is InChI=1S/C4H10O.Ta/c1-2-3-4-5;/h5H,2-4H2,1H3;. The molecule has 2 heteroatoms. The molecule has 0 saturated heterocycles. The summed E-state index contributed by atoms with van der Waals surface area (Å²) in [5, 5.41) is 8.07. The Kier molecular flexibility index (Phi) is 15.1. The summed E-state index contributed by atoms with van der Waals surface area (Å²) in [4.78, 5) is 0. The van der Waals surface area contributed by atoms with Crippen LogP contribution in [0.5, 0.6) is 0 Å². The number of aliphatic hydroxyl groups excluding tert-OH is 1. The Bertz CT molecular complexity index is 15.0. The zero-order chi connectivity index (χ0) is 4.12. The van der Waals surface area contributed by atoms with E-state index in [2.05, 4.69) is 6.92 Å². The molecule has 0 aromatic carbocycles. The van der Waals surface area contributed by atoms with Crippen molar-refractivity contribution in [1.29, 1.82) is 0 Å². The summed E-state index contributed by atoms with van der Waals surface area (Å²) >= 11 is 0. The van der Waals surface area contributed by atoms with Gasteiger partial charge in [-0.1, -0.05) is 13.3 Å². The Hall–Kier alpha value is 0.700. The SMILES string of the molecule is CCCCO.[Ta]. The summed E-state index contributed by atoms with van der Waals surface area (Å²) in [6.45, 7) is 2.40.